The summed E-state index contributed by atoms with van der Waals surface area (Å²) in [6.45, 7) is 9.88. The maximum absolute atomic E-state index is 12.6. The quantitative estimate of drug-likeness (QED) is 0.775. The highest BCUT2D eigenvalue weighted by Crippen LogP contribution is 2.19. The maximum atomic E-state index is 12.6. The predicted molar refractivity (Wildman–Crippen MR) is 75.5 cm³/mol. The van der Waals surface area contributed by atoms with Crippen LogP contribution < -0.4 is 0 Å². The van der Waals surface area contributed by atoms with Crippen molar-refractivity contribution >= 4 is 5.78 Å². The van der Waals surface area contributed by atoms with Crippen LogP contribution in [0.15, 0.2) is 6.33 Å². The number of aromatic nitrogens is 3. The van der Waals surface area contributed by atoms with Gasteiger partial charge in [0.25, 0.3) is 0 Å². The Hall–Kier alpha value is -1.27. The number of hydrogen-bond acceptors (Lipinski definition) is 5. The summed E-state index contributed by atoms with van der Waals surface area (Å²) in [5, 5.41) is 4.17. The van der Waals surface area contributed by atoms with E-state index < -0.39 is 5.54 Å². The van der Waals surface area contributed by atoms with Gasteiger partial charge in [0, 0.05) is 19.6 Å². The smallest absolute Gasteiger partial charge is 0.160 e. The van der Waals surface area contributed by atoms with Crippen molar-refractivity contribution in [3.05, 3.63) is 12.2 Å². The number of hydrogen-bond donors (Lipinski definition) is 0. The van der Waals surface area contributed by atoms with Crippen LogP contribution in [0.25, 0.3) is 0 Å². The molecule has 0 aromatic carbocycles. The fourth-order valence-electron chi connectivity index (χ4n) is 2.48. The third-order valence-corrected chi connectivity index (χ3v) is 3.93. The SMILES string of the molecule is CCCn1ncnc1CC(=O)C(C)(C)N1CCOCC1. The molecule has 0 aliphatic carbocycles. The molecule has 0 saturated carbocycles. The number of rotatable bonds is 6. The highest BCUT2D eigenvalue weighted by molar-refractivity contribution is 5.88. The molecule has 20 heavy (non-hydrogen) atoms. The Bertz CT molecular complexity index is 450. The van der Waals surface area contributed by atoms with Crippen LogP contribution in [0, 0.1) is 0 Å². The molecule has 1 aromatic heterocycles. The van der Waals surface area contributed by atoms with Crippen molar-refractivity contribution in [3.8, 4) is 0 Å². The summed E-state index contributed by atoms with van der Waals surface area (Å²) >= 11 is 0. The van der Waals surface area contributed by atoms with Crippen molar-refractivity contribution in [2.24, 2.45) is 0 Å². The fourth-order valence-corrected chi connectivity index (χ4v) is 2.48. The zero-order valence-corrected chi connectivity index (χ0v) is 12.6. The molecule has 112 valence electrons. The average Bonchev–Trinajstić information content (AvgIpc) is 2.87. The van der Waals surface area contributed by atoms with E-state index in [9.17, 15) is 4.79 Å². The van der Waals surface area contributed by atoms with Crippen LogP contribution in [0.1, 0.15) is 33.0 Å². The van der Waals surface area contributed by atoms with E-state index in [0.29, 0.717) is 19.6 Å². The van der Waals surface area contributed by atoms with E-state index in [0.717, 1.165) is 31.9 Å². The van der Waals surface area contributed by atoms with Gasteiger partial charge in [0.2, 0.25) is 0 Å². The minimum Gasteiger partial charge on any atom is -0.379 e. The van der Waals surface area contributed by atoms with Gasteiger partial charge in [-0.15, -0.1) is 0 Å². The van der Waals surface area contributed by atoms with Gasteiger partial charge in [0.05, 0.1) is 25.2 Å². The van der Waals surface area contributed by atoms with Crippen molar-refractivity contribution in [3.63, 3.8) is 0 Å². The molecule has 6 heteroatoms. The van der Waals surface area contributed by atoms with E-state index in [1.807, 2.05) is 18.5 Å². The van der Waals surface area contributed by atoms with Crippen molar-refractivity contribution in [1.82, 2.24) is 19.7 Å². The Morgan fingerprint density at radius 1 is 1.40 bits per heavy atom. The number of nitrogens with zero attached hydrogens (tertiary/aromatic N) is 4. The van der Waals surface area contributed by atoms with Gasteiger partial charge in [-0.3, -0.25) is 9.69 Å². The Labute approximate surface area is 120 Å². The number of aryl methyl sites for hydroxylation is 1. The van der Waals surface area contributed by atoms with Gasteiger partial charge in [0.1, 0.15) is 12.2 Å². The number of carbonyl (C=O) groups excluding carboxylic acids is 1. The number of carbonyl (C=O) groups is 1. The van der Waals surface area contributed by atoms with Crippen molar-refractivity contribution in [2.45, 2.75) is 45.7 Å². The van der Waals surface area contributed by atoms with Crippen molar-refractivity contribution in [2.75, 3.05) is 26.3 Å². The minimum absolute atomic E-state index is 0.185. The molecule has 6 nitrogen and oxygen atoms in total. The van der Waals surface area contributed by atoms with Gasteiger partial charge >= 0.3 is 0 Å². The van der Waals surface area contributed by atoms with E-state index in [2.05, 4.69) is 21.9 Å². The number of Topliss-reactive ketones (excluding diaryl/α,β-unsaturated/α-hetero) is 1. The van der Waals surface area contributed by atoms with Crippen LogP contribution >= 0.6 is 0 Å². The molecule has 0 radical (unpaired) electrons. The first-order valence-electron chi connectivity index (χ1n) is 7.28. The predicted octanol–water partition coefficient (Wildman–Crippen LogP) is 0.910. The van der Waals surface area contributed by atoms with E-state index >= 15 is 0 Å². The Kier molecular flexibility index (Phi) is 4.88. The summed E-state index contributed by atoms with van der Waals surface area (Å²) in [4.78, 5) is 19.0. The molecule has 1 aliphatic heterocycles. The molecule has 0 spiro atoms. The van der Waals surface area contributed by atoms with Crippen LogP contribution in [-0.4, -0.2) is 57.3 Å². The normalized spacial score (nSPS) is 17.4. The highest BCUT2D eigenvalue weighted by atomic mass is 16.5. The Morgan fingerprint density at radius 3 is 2.75 bits per heavy atom. The molecule has 1 aromatic rings. The Morgan fingerprint density at radius 2 is 2.10 bits per heavy atom. The lowest BCUT2D eigenvalue weighted by Crippen LogP contribution is -2.55. The Balaban J connectivity index is 2.04. The second-order valence-corrected chi connectivity index (χ2v) is 5.66. The van der Waals surface area contributed by atoms with E-state index in [1.54, 1.807) is 0 Å². The lowest BCUT2D eigenvalue weighted by Gasteiger charge is -2.39. The third kappa shape index (κ3) is 3.24. The lowest BCUT2D eigenvalue weighted by atomic mass is 9.93. The maximum Gasteiger partial charge on any atom is 0.160 e. The van der Waals surface area contributed by atoms with Crippen LogP contribution in [0.2, 0.25) is 0 Å². The van der Waals surface area contributed by atoms with Crippen LogP contribution in [0.4, 0.5) is 0 Å². The molecule has 0 bridgehead atoms. The summed E-state index contributed by atoms with van der Waals surface area (Å²) in [6, 6.07) is 0. The third-order valence-electron chi connectivity index (χ3n) is 3.93. The van der Waals surface area contributed by atoms with E-state index in [4.69, 9.17) is 4.74 Å². The molecular weight excluding hydrogens is 256 g/mol. The standard InChI is InChI=1S/C14H24N4O2/c1-4-5-18-13(15-11-16-18)10-12(19)14(2,3)17-6-8-20-9-7-17/h11H,4-10H2,1-3H3. The molecule has 2 heterocycles. The topological polar surface area (TPSA) is 60.2 Å². The van der Waals surface area contributed by atoms with Gasteiger partial charge in [-0.2, -0.15) is 5.10 Å². The van der Waals surface area contributed by atoms with Crippen LogP contribution in [0.3, 0.4) is 0 Å². The highest BCUT2D eigenvalue weighted by Gasteiger charge is 2.35. The molecule has 1 fully saturated rings. The van der Waals surface area contributed by atoms with E-state index in [-0.39, 0.29) is 5.78 Å². The van der Waals surface area contributed by atoms with Gasteiger partial charge in [-0.25, -0.2) is 9.67 Å². The summed E-state index contributed by atoms with van der Waals surface area (Å²) < 4.78 is 7.18. The summed E-state index contributed by atoms with van der Waals surface area (Å²) in [5.74, 6) is 0.947. The summed E-state index contributed by atoms with van der Waals surface area (Å²) in [6.07, 6.45) is 2.85. The van der Waals surface area contributed by atoms with Crippen molar-refractivity contribution < 1.29 is 9.53 Å². The monoisotopic (exact) mass is 280 g/mol. The summed E-state index contributed by atoms with van der Waals surface area (Å²) in [7, 11) is 0. The number of ketones is 1. The summed E-state index contributed by atoms with van der Waals surface area (Å²) in [5.41, 5.74) is -0.479. The molecule has 1 saturated heterocycles. The van der Waals surface area contributed by atoms with Gasteiger partial charge in [0.15, 0.2) is 5.78 Å². The molecule has 0 unspecified atom stereocenters. The second-order valence-electron chi connectivity index (χ2n) is 5.66. The first-order valence-corrected chi connectivity index (χ1v) is 7.28. The van der Waals surface area contributed by atoms with Crippen LogP contribution in [0.5, 0.6) is 0 Å². The second kappa shape index (κ2) is 6.45. The first-order chi connectivity index (χ1) is 9.55. The van der Waals surface area contributed by atoms with Crippen molar-refractivity contribution in [1.29, 1.82) is 0 Å². The van der Waals surface area contributed by atoms with Gasteiger partial charge in [-0.05, 0) is 20.3 Å². The number of morpholine rings is 1. The average molecular weight is 280 g/mol. The number of ether oxygens (including phenoxy) is 1. The molecule has 0 atom stereocenters. The fraction of sp³-hybridized carbons (Fsp3) is 0.786. The first kappa shape index (κ1) is 15.1. The zero-order valence-electron chi connectivity index (χ0n) is 12.6. The van der Waals surface area contributed by atoms with Gasteiger partial charge < -0.3 is 4.74 Å². The molecule has 2 rings (SSSR count). The molecule has 1 aliphatic rings. The largest absolute Gasteiger partial charge is 0.379 e. The molecular formula is C14H24N4O2. The van der Waals surface area contributed by atoms with Crippen LogP contribution in [-0.2, 0) is 22.5 Å². The zero-order chi connectivity index (χ0) is 14.6. The lowest BCUT2D eigenvalue weighted by molar-refractivity contribution is -0.131. The molecule has 0 N–H and O–H groups in total. The molecule has 0 amide bonds. The minimum atomic E-state index is -0.479. The van der Waals surface area contributed by atoms with Gasteiger partial charge in [-0.1, -0.05) is 6.92 Å². The van der Waals surface area contributed by atoms with E-state index in [1.165, 1.54) is 6.33 Å².